The zero-order valence-electron chi connectivity index (χ0n) is 28.0. The molecule has 1 aliphatic carbocycles. The molecule has 8 nitrogen and oxygen atoms in total. The highest BCUT2D eigenvalue weighted by Gasteiger charge is 2.62. The van der Waals surface area contributed by atoms with Gasteiger partial charge in [0.15, 0.2) is 5.82 Å². The summed E-state index contributed by atoms with van der Waals surface area (Å²) in [7, 11) is -4.70. The molecule has 0 radical (unpaired) electrons. The van der Waals surface area contributed by atoms with Crippen LogP contribution >= 0.6 is 11.8 Å². The summed E-state index contributed by atoms with van der Waals surface area (Å²) in [6.07, 6.45) is 3.63. The first-order valence-electron chi connectivity index (χ1n) is 15.3. The monoisotopic (exact) mass is 716 g/mol. The van der Waals surface area contributed by atoms with E-state index < -0.39 is 40.4 Å². The Labute approximate surface area is 284 Å². The number of aromatic nitrogens is 3. The summed E-state index contributed by atoms with van der Waals surface area (Å²) in [5.41, 5.74) is -2.14. The molecule has 256 valence electrons. The smallest absolute Gasteiger partial charge is 0.361 e. The lowest BCUT2D eigenvalue weighted by Gasteiger charge is -2.35. The van der Waals surface area contributed by atoms with Crippen LogP contribution in [0.1, 0.15) is 35.9 Å². The third-order valence-electron chi connectivity index (χ3n) is 8.85. The van der Waals surface area contributed by atoms with E-state index >= 15 is 13.2 Å². The van der Waals surface area contributed by atoms with Gasteiger partial charge >= 0.3 is 6.18 Å². The highest BCUT2D eigenvalue weighted by molar-refractivity contribution is 8.02. The second kappa shape index (κ2) is 12.8. The second-order valence-corrected chi connectivity index (χ2v) is 22.2. The molecule has 1 aliphatic rings. The molecule has 14 heteroatoms. The Balaban J connectivity index is 1.77. The molecule has 0 spiro atoms. The second-order valence-electron chi connectivity index (χ2n) is 13.4. The Morgan fingerprint density at radius 2 is 1.90 bits per heavy atom. The van der Waals surface area contributed by atoms with Crippen molar-refractivity contribution in [2.24, 2.45) is 0 Å². The Morgan fingerprint density at radius 3 is 2.52 bits per heavy atom. The van der Waals surface area contributed by atoms with Crippen LogP contribution in [-0.4, -0.2) is 60.9 Å². The van der Waals surface area contributed by atoms with Gasteiger partial charge in [-0.05, 0) is 68.5 Å². The maximum atomic E-state index is 15.8. The van der Waals surface area contributed by atoms with E-state index in [0.29, 0.717) is 17.7 Å². The third-order valence-corrected chi connectivity index (χ3v) is 13.6. The van der Waals surface area contributed by atoms with Crippen molar-refractivity contribution in [2.45, 2.75) is 69.2 Å². The van der Waals surface area contributed by atoms with Crippen molar-refractivity contribution in [3.63, 3.8) is 0 Å². The minimum absolute atomic E-state index is 0.0535. The van der Waals surface area contributed by atoms with Crippen LogP contribution < -0.4 is 0 Å². The molecular weight excluding hydrogens is 678 g/mol. The summed E-state index contributed by atoms with van der Waals surface area (Å²) in [6, 6.07) is 11.5. The quantitative estimate of drug-likeness (QED) is 0.114. The number of hydrogen-bond donors (Lipinski definition) is 0. The Hall–Kier alpha value is -3.35. The normalized spacial score (nSPS) is 18.6. The van der Waals surface area contributed by atoms with Crippen molar-refractivity contribution >= 4 is 51.8 Å². The summed E-state index contributed by atoms with van der Waals surface area (Å²) < 4.78 is 88.8. The minimum Gasteiger partial charge on any atom is -0.361 e. The Morgan fingerprint density at radius 1 is 1.17 bits per heavy atom. The summed E-state index contributed by atoms with van der Waals surface area (Å²) in [4.78, 5) is 5.25. The van der Waals surface area contributed by atoms with Crippen LogP contribution in [0.3, 0.4) is 0 Å². The van der Waals surface area contributed by atoms with Crippen LogP contribution in [0.4, 0.5) is 13.2 Å². The first kappa shape index (κ1) is 35.9. The minimum atomic E-state index is -5.07. The number of ether oxygens (including phenoxy) is 2. The molecule has 0 fully saturated rings. The maximum Gasteiger partial charge on any atom is 0.429 e. The van der Waals surface area contributed by atoms with Crippen molar-refractivity contribution in [2.75, 3.05) is 20.0 Å². The molecule has 0 saturated heterocycles. The average Bonchev–Trinajstić information content (AvgIpc) is 3.63. The number of halogens is 3. The topological polar surface area (TPSA) is 99.1 Å². The number of rotatable bonds is 11. The van der Waals surface area contributed by atoms with Gasteiger partial charge in [-0.3, -0.25) is 0 Å². The van der Waals surface area contributed by atoms with Gasteiger partial charge in [-0.2, -0.15) is 18.4 Å². The first-order valence-corrected chi connectivity index (χ1v) is 21.7. The standard InChI is InChI=1S/C34H39F3N4O4S2Si/c1-23-10-12-27(26-14-16-41(30(23)26)47(42,43)32(2)15-8-9-25(20-32)46-4)33(44-3,34(35,36)37)31-39-28-19-24(21-38)11-13-29(28)40(31)22-45-17-18-48(5,6)7/h8-14,16,19-20H,15,17-18,22H2,1-7H3. The molecule has 0 saturated carbocycles. The fourth-order valence-corrected chi connectivity index (χ4v) is 9.28. The third kappa shape index (κ3) is 6.04. The molecule has 2 aromatic heterocycles. The van der Waals surface area contributed by atoms with Crippen LogP contribution in [0.5, 0.6) is 0 Å². The number of methoxy groups -OCH3 is 1. The van der Waals surface area contributed by atoms with E-state index in [4.69, 9.17) is 9.47 Å². The van der Waals surface area contributed by atoms with Crippen molar-refractivity contribution in [1.29, 1.82) is 5.26 Å². The molecule has 5 rings (SSSR count). The number of nitriles is 1. The molecule has 0 bridgehead atoms. The van der Waals surface area contributed by atoms with E-state index in [9.17, 15) is 13.7 Å². The number of fused-ring (bicyclic) bond motifs is 2. The lowest BCUT2D eigenvalue weighted by Crippen LogP contribution is -2.47. The van der Waals surface area contributed by atoms with Gasteiger partial charge in [0.05, 0.1) is 28.2 Å². The molecule has 48 heavy (non-hydrogen) atoms. The van der Waals surface area contributed by atoms with E-state index in [2.05, 4.69) is 24.6 Å². The summed E-state index contributed by atoms with van der Waals surface area (Å²) in [5, 5.41) is 9.57. The number of alkyl halides is 3. The van der Waals surface area contributed by atoms with E-state index in [1.54, 1.807) is 32.1 Å². The van der Waals surface area contributed by atoms with E-state index in [0.717, 1.165) is 22.0 Å². The summed E-state index contributed by atoms with van der Waals surface area (Å²) >= 11 is 1.41. The van der Waals surface area contributed by atoms with Crippen LogP contribution in [0.2, 0.25) is 25.7 Å². The predicted octanol–water partition coefficient (Wildman–Crippen LogP) is 8.08. The largest absolute Gasteiger partial charge is 0.429 e. The lowest BCUT2D eigenvalue weighted by atomic mass is 9.88. The number of benzene rings is 2. The summed E-state index contributed by atoms with van der Waals surface area (Å²) in [5.74, 6) is -0.492. The van der Waals surface area contributed by atoms with Gasteiger partial charge in [0.2, 0.25) is 15.6 Å². The molecule has 0 aliphatic heterocycles. The van der Waals surface area contributed by atoms with Crippen molar-refractivity contribution in [3.05, 3.63) is 88.2 Å². The number of imidazole rings is 1. The number of aryl methyl sites for hydroxylation is 1. The lowest BCUT2D eigenvalue weighted by molar-refractivity contribution is -0.262. The van der Waals surface area contributed by atoms with Gasteiger partial charge in [-0.25, -0.2) is 17.4 Å². The van der Waals surface area contributed by atoms with Crippen LogP contribution in [0.25, 0.3) is 21.9 Å². The first-order chi connectivity index (χ1) is 22.4. The predicted molar refractivity (Wildman–Crippen MR) is 187 cm³/mol. The number of thioether (sulfide) groups is 1. The number of nitrogens with zero attached hydrogens (tertiary/aromatic N) is 4. The molecule has 2 unspecified atom stereocenters. The molecule has 0 N–H and O–H groups in total. The van der Waals surface area contributed by atoms with Crippen LogP contribution in [0, 0.1) is 18.3 Å². The molecule has 2 heterocycles. The highest BCUT2D eigenvalue weighted by Crippen LogP contribution is 2.50. The summed E-state index contributed by atoms with van der Waals surface area (Å²) in [6.45, 7) is 9.90. The zero-order valence-corrected chi connectivity index (χ0v) is 30.6. The van der Waals surface area contributed by atoms with Gasteiger partial charge in [0.1, 0.15) is 11.5 Å². The number of hydrogen-bond acceptors (Lipinski definition) is 7. The van der Waals surface area contributed by atoms with Gasteiger partial charge in [-0.1, -0.05) is 43.9 Å². The number of allylic oxidation sites excluding steroid dienone is 2. The van der Waals surface area contributed by atoms with Crippen molar-refractivity contribution in [1.82, 2.24) is 13.5 Å². The Kier molecular flexibility index (Phi) is 9.61. The van der Waals surface area contributed by atoms with E-state index in [-0.39, 0.29) is 40.7 Å². The average molecular weight is 717 g/mol. The maximum absolute atomic E-state index is 15.8. The molecule has 2 atom stereocenters. The van der Waals surface area contributed by atoms with Crippen LogP contribution in [-0.2, 0) is 31.8 Å². The molecule has 2 aromatic carbocycles. The van der Waals surface area contributed by atoms with Crippen LogP contribution in [0.15, 0.2) is 65.7 Å². The van der Waals surface area contributed by atoms with E-state index in [1.807, 2.05) is 18.4 Å². The van der Waals surface area contributed by atoms with Gasteiger partial charge in [-0.15, -0.1) is 11.8 Å². The zero-order chi connectivity index (χ0) is 35.3. The van der Waals surface area contributed by atoms with Crippen molar-refractivity contribution in [3.8, 4) is 6.07 Å². The van der Waals surface area contributed by atoms with Gasteiger partial charge in [0, 0.05) is 43.8 Å². The molecular formula is C34H39F3N4O4S2Si. The highest BCUT2D eigenvalue weighted by atomic mass is 32.2. The van der Waals surface area contributed by atoms with Gasteiger partial charge < -0.3 is 14.0 Å². The van der Waals surface area contributed by atoms with E-state index in [1.165, 1.54) is 52.9 Å². The molecule has 4 aromatic rings. The Bertz CT molecular complexity index is 2090. The SMILES string of the molecule is COC(c1ccc(C)c2c1ccn2S(=O)(=O)C1(C)C=C(SC)C=CC1)(c1nc2cc(C#N)ccc2n1COCC[Si](C)(C)C)C(F)(F)F. The fraction of sp³-hybridized carbons (Fsp3) is 0.412. The van der Waals surface area contributed by atoms with Gasteiger partial charge in [0.25, 0.3) is 0 Å². The fourth-order valence-electron chi connectivity index (χ4n) is 6.10. The molecule has 0 amide bonds. The van der Waals surface area contributed by atoms with Crippen molar-refractivity contribution < 1.29 is 31.1 Å².